The quantitative estimate of drug-likeness (QED) is 0.775. The summed E-state index contributed by atoms with van der Waals surface area (Å²) in [5.41, 5.74) is 0. The highest BCUT2D eigenvalue weighted by atomic mass is 16.2. The van der Waals surface area contributed by atoms with E-state index in [2.05, 4.69) is 24.1 Å². The van der Waals surface area contributed by atoms with E-state index in [4.69, 9.17) is 0 Å². The molecule has 2 aliphatic rings. The molecule has 22 heavy (non-hydrogen) atoms. The Kier molecular flexibility index (Phi) is 7.71. The molecule has 0 aromatic carbocycles. The smallest absolute Gasteiger partial charge is 0.225 e. The number of hydrogen-bond acceptors (Lipinski definition) is 2. The van der Waals surface area contributed by atoms with Gasteiger partial charge in [0.25, 0.3) is 0 Å². The Bertz CT molecular complexity index is 317. The van der Waals surface area contributed by atoms with E-state index in [0.717, 1.165) is 50.9 Å². The Balaban J connectivity index is 1.76. The molecule has 1 heterocycles. The highest BCUT2D eigenvalue weighted by Crippen LogP contribution is 2.31. The van der Waals surface area contributed by atoms with E-state index in [0.29, 0.717) is 5.91 Å². The molecule has 128 valence electrons. The molecule has 1 unspecified atom stereocenters. The fraction of sp³-hybridized carbons (Fsp3) is 0.947. The van der Waals surface area contributed by atoms with Crippen LogP contribution in [-0.2, 0) is 4.79 Å². The Hall–Kier alpha value is -0.570. The van der Waals surface area contributed by atoms with Gasteiger partial charge in [-0.1, -0.05) is 46.0 Å². The van der Waals surface area contributed by atoms with Crippen LogP contribution in [0.1, 0.15) is 71.6 Å². The standard InChI is InChI=1S/C19H36N2O/c1-3-18(14-16-8-6-5-7-9-16)19(22)21-12-10-17(11-13-21)15-20-4-2/h16-18,20H,3-15H2,1-2H3. The van der Waals surface area contributed by atoms with Crippen molar-refractivity contribution < 1.29 is 4.79 Å². The minimum absolute atomic E-state index is 0.286. The molecule has 1 atom stereocenters. The minimum atomic E-state index is 0.286. The highest BCUT2D eigenvalue weighted by molar-refractivity contribution is 5.78. The van der Waals surface area contributed by atoms with E-state index in [1.165, 1.54) is 44.9 Å². The third-order valence-electron chi connectivity index (χ3n) is 5.79. The number of likely N-dealkylation sites (tertiary alicyclic amines) is 1. The number of nitrogens with one attached hydrogen (secondary N) is 1. The third-order valence-corrected chi connectivity index (χ3v) is 5.79. The first-order chi connectivity index (χ1) is 10.7. The summed E-state index contributed by atoms with van der Waals surface area (Å²) in [6.07, 6.45) is 11.4. The lowest BCUT2D eigenvalue weighted by molar-refractivity contribution is -0.137. The van der Waals surface area contributed by atoms with E-state index in [9.17, 15) is 4.79 Å². The number of nitrogens with zero attached hydrogens (tertiary/aromatic N) is 1. The normalized spacial score (nSPS) is 22.7. The Morgan fingerprint density at radius 3 is 2.32 bits per heavy atom. The van der Waals surface area contributed by atoms with E-state index in [1.807, 2.05) is 0 Å². The van der Waals surface area contributed by atoms with Crippen molar-refractivity contribution in [2.24, 2.45) is 17.8 Å². The molecule has 3 heteroatoms. The van der Waals surface area contributed by atoms with Gasteiger partial charge >= 0.3 is 0 Å². The maximum absolute atomic E-state index is 12.8. The maximum Gasteiger partial charge on any atom is 0.225 e. The third kappa shape index (κ3) is 5.26. The molecule has 0 aromatic heterocycles. The molecule has 1 amide bonds. The predicted molar refractivity (Wildman–Crippen MR) is 92.8 cm³/mol. The van der Waals surface area contributed by atoms with Gasteiger partial charge in [-0.25, -0.2) is 0 Å². The molecular formula is C19H36N2O. The van der Waals surface area contributed by atoms with Gasteiger partial charge in [-0.15, -0.1) is 0 Å². The number of piperidine rings is 1. The molecule has 0 aromatic rings. The summed E-state index contributed by atoms with van der Waals surface area (Å²) in [7, 11) is 0. The van der Waals surface area contributed by atoms with Crippen LogP contribution in [0.4, 0.5) is 0 Å². The number of rotatable bonds is 7. The molecule has 1 aliphatic carbocycles. The summed E-state index contributed by atoms with van der Waals surface area (Å²) in [5.74, 6) is 2.32. The Labute approximate surface area is 137 Å². The lowest BCUT2D eigenvalue weighted by Gasteiger charge is -2.35. The average Bonchev–Trinajstić information content (AvgIpc) is 2.58. The molecule has 3 nitrogen and oxygen atoms in total. The fourth-order valence-corrected chi connectivity index (χ4v) is 4.23. The first-order valence-corrected chi connectivity index (χ1v) is 9.74. The van der Waals surface area contributed by atoms with Gasteiger partial charge in [0.1, 0.15) is 0 Å². The SMILES string of the molecule is CCNCC1CCN(C(=O)C(CC)CC2CCCCC2)CC1. The van der Waals surface area contributed by atoms with Crippen LogP contribution >= 0.6 is 0 Å². The molecule has 2 rings (SSSR count). The van der Waals surface area contributed by atoms with Gasteiger partial charge in [0.05, 0.1) is 0 Å². The zero-order chi connectivity index (χ0) is 15.8. The van der Waals surface area contributed by atoms with E-state index in [1.54, 1.807) is 0 Å². The number of carbonyl (C=O) groups is 1. The summed E-state index contributed by atoms with van der Waals surface area (Å²) in [5, 5.41) is 3.45. The first kappa shape index (κ1) is 17.8. The molecule has 1 saturated carbocycles. The molecule has 0 spiro atoms. The van der Waals surface area contributed by atoms with Gasteiger partial charge in [-0.05, 0) is 50.6 Å². The molecule has 0 bridgehead atoms. The van der Waals surface area contributed by atoms with Crippen molar-refractivity contribution in [2.75, 3.05) is 26.2 Å². The van der Waals surface area contributed by atoms with Crippen molar-refractivity contribution in [3.8, 4) is 0 Å². The molecule has 0 radical (unpaired) electrons. The molecule has 2 fully saturated rings. The first-order valence-electron chi connectivity index (χ1n) is 9.74. The van der Waals surface area contributed by atoms with Gasteiger partial charge in [0.15, 0.2) is 0 Å². The van der Waals surface area contributed by atoms with Crippen LogP contribution in [0, 0.1) is 17.8 Å². The van der Waals surface area contributed by atoms with Gasteiger partial charge in [-0.3, -0.25) is 4.79 Å². The monoisotopic (exact) mass is 308 g/mol. The molecular weight excluding hydrogens is 272 g/mol. The predicted octanol–water partition coefficient (Wildman–Crippen LogP) is 3.83. The van der Waals surface area contributed by atoms with Crippen LogP contribution in [0.2, 0.25) is 0 Å². The summed E-state index contributed by atoms with van der Waals surface area (Å²) in [4.78, 5) is 15.0. The highest BCUT2D eigenvalue weighted by Gasteiger charge is 2.29. The second-order valence-electron chi connectivity index (χ2n) is 7.42. The van der Waals surface area contributed by atoms with Gasteiger partial charge in [0, 0.05) is 19.0 Å². The Morgan fingerprint density at radius 2 is 1.73 bits per heavy atom. The van der Waals surface area contributed by atoms with Crippen LogP contribution in [0.15, 0.2) is 0 Å². The van der Waals surface area contributed by atoms with Crippen molar-refractivity contribution >= 4 is 5.91 Å². The van der Waals surface area contributed by atoms with Crippen LogP contribution in [0.25, 0.3) is 0 Å². The molecule has 1 saturated heterocycles. The van der Waals surface area contributed by atoms with Crippen molar-refractivity contribution in [2.45, 2.75) is 71.6 Å². The lowest BCUT2D eigenvalue weighted by atomic mass is 9.81. The number of carbonyl (C=O) groups excluding carboxylic acids is 1. The van der Waals surface area contributed by atoms with Gasteiger partial charge in [0.2, 0.25) is 5.91 Å². The average molecular weight is 309 g/mol. The van der Waals surface area contributed by atoms with Crippen molar-refractivity contribution in [3.63, 3.8) is 0 Å². The van der Waals surface area contributed by atoms with Crippen LogP contribution < -0.4 is 5.32 Å². The maximum atomic E-state index is 12.8. The minimum Gasteiger partial charge on any atom is -0.342 e. The van der Waals surface area contributed by atoms with E-state index in [-0.39, 0.29) is 5.92 Å². The number of hydrogen-bond donors (Lipinski definition) is 1. The topological polar surface area (TPSA) is 32.3 Å². The van der Waals surface area contributed by atoms with Gasteiger partial charge < -0.3 is 10.2 Å². The molecule has 1 aliphatic heterocycles. The van der Waals surface area contributed by atoms with Gasteiger partial charge in [-0.2, -0.15) is 0 Å². The fourth-order valence-electron chi connectivity index (χ4n) is 4.23. The summed E-state index contributed by atoms with van der Waals surface area (Å²) < 4.78 is 0. The lowest BCUT2D eigenvalue weighted by Crippen LogP contribution is -2.43. The van der Waals surface area contributed by atoms with Crippen molar-refractivity contribution in [1.29, 1.82) is 0 Å². The number of amides is 1. The second-order valence-corrected chi connectivity index (χ2v) is 7.42. The summed E-state index contributed by atoms with van der Waals surface area (Å²) in [6.45, 7) is 8.50. The van der Waals surface area contributed by atoms with Crippen molar-refractivity contribution in [1.82, 2.24) is 10.2 Å². The van der Waals surface area contributed by atoms with Crippen LogP contribution in [0.3, 0.4) is 0 Å². The summed E-state index contributed by atoms with van der Waals surface area (Å²) >= 11 is 0. The summed E-state index contributed by atoms with van der Waals surface area (Å²) in [6, 6.07) is 0. The molecule has 1 N–H and O–H groups in total. The second kappa shape index (κ2) is 9.54. The van der Waals surface area contributed by atoms with Crippen molar-refractivity contribution in [3.05, 3.63) is 0 Å². The van der Waals surface area contributed by atoms with E-state index < -0.39 is 0 Å². The zero-order valence-corrected chi connectivity index (χ0v) is 14.8. The van der Waals surface area contributed by atoms with Crippen LogP contribution in [0.5, 0.6) is 0 Å². The Morgan fingerprint density at radius 1 is 1.05 bits per heavy atom. The van der Waals surface area contributed by atoms with Crippen LogP contribution in [-0.4, -0.2) is 37.0 Å². The largest absolute Gasteiger partial charge is 0.342 e. The van der Waals surface area contributed by atoms with E-state index >= 15 is 0 Å². The zero-order valence-electron chi connectivity index (χ0n) is 14.8.